The van der Waals surface area contributed by atoms with E-state index in [4.69, 9.17) is 4.74 Å². The van der Waals surface area contributed by atoms with Crippen LogP contribution < -0.4 is 10.1 Å². The van der Waals surface area contributed by atoms with E-state index in [9.17, 15) is 22.0 Å². The van der Waals surface area contributed by atoms with E-state index in [-0.39, 0.29) is 38.8 Å². The van der Waals surface area contributed by atoms with Crippen LogP contribution in [0.2, 0.25) is 0 Å². The lowest BCUT2D eigenvalue weighted by Crippen LogP contribution is -2.14. The van der Waals surface area contributed by atoms with Gasteiger partial charge in [0.05, 0.1) is 22.5 Å². The maximum atomic E-state index is 13.7. The van der Waals surface area contributed by atoms with Crippen molar-refractivity contribution in [2.24, 2.45) is 0 Å². The van der Waals surface area contributed by atoms with Crippen LogP contribution in [0.15, 0.2) is 41.3 Å². The smallest absolute Gasteiger partial charge is 0.226 e. The molecule has 0 fully saturated rings. The largest absolute Gasteiger partial charge is 0.497 e. The number of methoxy groups -OCH3 is 1. The molecular weight excluding hydrogens is 410 g/mol. The molecule has 10 heteroatoms. The van der Waals surface area contributed by atoms with Crippen LogP contribution in [-0.2, 0) is 14.6 Å². The van der Waals surface area contributed by atoms with Gasteiger partial charge >= 0.3 is 0 Å². The van der Waals surface area contributed by atoms with Crippen LogP contribution >= 0.6 is 11.3 Å². The van der Waals surface area contributed by atoms with Gasteiger partial charge < -0.3 is 10.1 Å². The Bertz CT molecular complexity index is 1110. The molecule has 0 aliphatic rings. The summed E-state index contributed by atoms with van der Waals surface area (Å²) < 4.78 is 56.7. The molecule has 28 heavy (non-hydrogen) atoms. The topological polar surface area (TPSA) is 85.4 Å². The molecule has 1 N–H and O–H groups in total. The highest BCUT2D eigenvalue weighted by atomic mass is 32.2. The van der Waals surface area contributed by atoms with Gasteiger partial charge in [0.15, 0.2) is 20.8 Å². The van der Waals surface area contributed by atoms with Gasteiger partial charge in [0.25, 0.3) is 0 Å². The molecule has 0 bridgehead atoms. The molecule has 0 atom stereocenters. The molecule has 1 amide bonds. The molecule has 0 radical (unpaired) electrons. The minimum Gasteiger partial charge on any atom is -0.497 e. The summed E-state index contributed by atoms with van der Waals surface area (Å²) in [4.78, 5) is 16.1. The average Bonchev–Trinajstić information content (AvgIpc) is 3.04. The number of hydrogen-bond donors (Lipinski definition) is 1. The van der Waals surface area contributed by atoms with Crippen LogP contribution in [0.5, 0.6) is 5.75 Å². The minimum atomic E-state index is -3.52. The molecule has 1 heterocycles. The molecule has 2 aromatic carbocycles. The van der Waals surface area contributed by atoms with E-state index in [2.05, 4.69) is 10.3 Å². The summed E-state index contributed by atoms with van der Waals surface area (Å²) in [5, 5.41) is 2.61. The van der Waals surface area contributed by atoms with E-state index in [0.717, 1.165) is 23.5 Å². The molecule has 3 rings (SSSR count). The molecule has 0 aliphatic carbocycles. The Morgan fingerprint density at radius 2 is 1.93 bits per heavy atom. The number of carbonyl (C=O) groups is 1. The number of amides is 1. The highest BCUT2D eigenvalue weighted by molar-refractivity contribution is 7.91. The van der Waals surface area contributed by atoms with Gasteiger partial charge in [-0.1, -0.05) is 11.3 Å². The molecule has 0 spiro atoms. The first kappa shape index (κ1) is 20.2. The second-order valence-electron chi connectivity index (χ2n) is 5.90. The van der Waals surface area contributed by atoms with Crippen molar-refractivity contribution >= 4 is 42.4 Å². The number of ether oxygens (including phenoxy) is 1. The predicted octanol–water partition coefficient (Wildman–Crippen LogP) is 3.78. The predicted molar refractivity (Wildman–Crippen MR) is 102 cm³/mol. The fourth-order valence-corrected chi connectivity index (χ4v) is 4.75. The summed E-state index contributed by atoms with van der Waals surface area (Å²) in [6.45, 7) is 0. The molecule has 0 aliphatic heterocycles. The number of benzene rings is 2. The number of nitrogens with one attached hydrogen (secondary N) is 1. The maximum Gasteiger partial charge on any atom is 0.226 e. The van der Waals surface area contributed by atoms with Crippen molar-refractivity contribution in [3.63, 3.8) is 0 Å². The van der Waals surface area contributed by atoms with E-state index in [1.807, 2.05) is 0 Å². The number of anilines is 1. The zero-order chi connectivity index (χ0) is 20.3. The average molecular weight is 426 g/mol. The third-order valence-electron chi connectivity index (χ3n) is 3.89. The SMILES string of the molecule is COc1ccc(S(=O)(=O)CCCC(=O)Nc2nc3c(F)cc(F)cc3s2)cc1. The van der Waals surface area contributed by atoms with Crippen molar-refractivity contribution in [3.05, 3.63) is 48.0 Å². The number of fused-ring (bicyclic) bond motifs is 1. The number of nitrogens with zero attached hydrogens (tertiary/aromatic N) is 1. The van der Waals surface area contributed by atoms with E-state index < -0.39 is 27.4 Å². The third kappa shape index (κ3) is 4.63. The lowest BCUT2D eigenvalue weighted by atomic mass is 10.3. The normalized spacial score (nSPS) is 11.5. The minimum absolute atomic E-state index is 0.0243. The van der Waals surface area contributed by atoms with Crippen LogP contribution in [0.4, 0.5) is 13.9 Å². The van der Waals surface area contributed by atoms with Crippen molar-refractivity contribution in [1.82, 2.24) is 4.98 Å². The van der Waals surface area contributed by atoms with E-state index in [0.29, 0.717) is 5.75 Å². The molecule has 6 nitrogen and oxygen atoms in total. The molecular formula is C18H16F2N2O4S2. The van der Waals surface area contributed by atoms with Crippen LogP contribution in [0.1, 0.15) is 12.8 Å². The van der Waals surface area contributed by atoms with Gasteiger partial charge in [-0.05, 0) is 36.8 Å². The van der Waals surface area contributed by atoms with Gasteiger partial charge in [-0.25, -0.2) is 22.2 Å². The summed E-state index contributed by atoms with van der Waals surface area (Å²) in [7, 11) is -2.04. The quantitative estimate of drug-likeness (QED) is 0.622. The van der Waals surface area contributed by atoms with Gasteiger partial charge in [0.1, 0.15) is 17.1 Å². The summed E-state index contributed by atoms with van der Waals surface area (Å²) >= 11 is 0.940. The molecule has 1 aromatic heterocycles. The number of halogens is 2. The summed E-state index contributed by atoms with van der Waals surface area (Å²) in [6.07, 6.45) is 0.0518. The Balaban J connectivity index is 1.57. The Hall–Kier alpha value is -2.59. The van der Waals surface area contributed by atoms with E-state index in [1.165, 1.54) is 19.2 Å². The van der Waals surface area contributed by atoms with Crippen LogP contribution in [0, 0.1) is 11.6 Å². The first-order chi connectivity index (χ1) is 13.3. The van der Waals surface area contributed by atoms with Gasteiger partial charge in [-0.15, -0.1) is 0 Å². The van der Waals surface area contributed by atoms with Crippen LogP contribution in [-0.4, -0.2) is 32.2 Å². The Morgan fingerprint density at radius 3 is 2.61 bits per heavy atom. The first-order valence-electron chi connectivity index (χ1n) is 8.21. The molecule has 0 saturated carbocycles. The van der Waals surface area contributed by atoms with E-state index in [1.54, 1.807) is 12.1 Å². The molecule has 0 saturated heterocycles. The lowest BCUT2D eigenvalue weighted by Gasteiger charge is -2.06. The van der Waals surface area contributed by atoms with Gasteiger partial charge in [-0.3, -0.25) is 4.79 Å². The van der Waals surface area contributed by atoms with Gasteiger partial charge in [0.2, 0.25) is 5.91 Å². The van der Waals surface area contributed by atoms with Gasteiger partial charge in [-0.2, -0.15) is 0 Å². The second kappa shape index (κ2) is 8.19. The summed E-state index contributed by atoms with van der Waals surface area (Å²) in [5.41, 5.74) is -0.0243. The van der Waals surface area contributed by atoms with Crippen molar-refractivity contribution < 1.29 is 26.7 Å². The van der Waals surface area contributed by atoms with Crippen LogP contribution in [0.25, 0.3) is 10.2 Å². The standard InChI is InChI=1S/C18H16F2N2O4S2/c1-26-12-4-6-13(7-5-12)28(24,25)8-2-3-16(23)21-18-22-17-14(20)9-11(19)10-15(17)27-18/h4-7,9-10H,2-3,8H2,1H3,(H,21,22,23). The monoisotopic (exact) mass is 426 g/mol. The number of thiazole rings is 1. The zero-order valence-electron chi connectivity index (χ0n) is 14.7. The number of aromatic nitrogens is 1. The first-order valence-corrected chi connectivity index (χ1v) is 10.7. The fourth-order valence-electron chi connectivity index (χ4n) is 2.52. The molecule has 3 aromatic rings. The van der Waals surface area contributed by atoms with Gasteiger partial charge in [0, 0.05) is 12.5 Å². The van der Waals surface area contributed by atoms with Crippen molar-refractivity contribution in [2.75, 3.05) is 18.2 Å². The Labute approximate surface area is 164 Å². The van der Waals surface area contributed by atoms with E-state index >= 15 is 0 Å². The number of rotatable bonds is 7. The highest BCUT2D eigenvalue weighted by Crippen LogP contribution is 2.28. The highest BCUT2D eigenvalue weighted by Gasteiger charge is 2.16. The number of carbonyl (C=O) groups excluding carboxylic acids is 1. The van der Waals surface area contributed by atoms with Crippen LogP contribution in [0.3, 0.4) is 0 Å². The fraction of sp³-hybridized carbons (Fsp3) is 0.222. The Morgan fingerprint density at radius 1 is 1.21 bits per heavy atom. The molecule has 148 valence electrons. The summed E-state index contributed by atoms with van der Waals surface area (Å²) in [5.74, 6) is -1.64. The van der Waals surface area contributed by atoms with Crippen molar-refractivity contribution in [3.8, 4) is 5.75 Å². The Kier molecular flexibility index (Phi) is 5.90. The van der Waals surface area contributed by atoms with Crippen molar-refractivity contribution in [2.45, 2.75) is 17.7 Å². The van der Waals surface area contributed by atoms with Crippen molar-refractivity contribution in [1.29, 1.82) is 0 Å². The summed E-state index contributed by atoms with van der Waals surface area (Å²) in [6, 6.07) is 7.85. The number of hydrogen-bond acceptors (Lipinski definition) is 6. The maximum absolute atomic E-state index is 13.7. The molecule has 0 unspecified atom stereocenters. The lowest BCUT2D eigenvalue weighted by molar-refractivity contribution is -0.116. The zero-order valence-corrected chi connectivity index (χ0v) is 16.4. The second-order valence-corrected chi connectivity index (χ2v) is 9.04. The number of sulfone groups is 1. The third-order valence-corrected chi connectivity index (χ3v) is 6.63.